The van der Waals surface area contributed by atoms with Gasteiger partial charge >= 0.3 is 5.97 Å². The van der Waals surface area contributed by atoms with E-state index in [9.17, 15) is 9.59 Å². The second-order valence-electron chi connectivity index (χ2n) is 4.88. The normalized spacial score (nSPS) is 11.8. The molecule has 1 unspecified atom stereocenters. The maximum atomic E-state index is 11.9. The first-order valence-electron chi connectivity index (χ1n) is 6.52. The summed E-state index contributed by atoms with van der Waals surface area (Å²) in [6.45, 7) is 4.67. The molecule has 0 aliphatic rings. The van der Waals surface area contributed by atoms with E-state index >= 15 is 0 Å². The van der Waals surface area contributed by atoms with Crippen LogP contribution < -0.4 is 4.90 Å². The molecule has 0 fully saturated rings. The average molecular weight is 279 g/mol. The summed E-state index contributed by atoms with van der Waals surface area (Å²) >= 11 is 0. The lowest BCUT2D eigenvalue weighted by Gasteiger charge is -2.25. The maximum absolute atomic E-state index is 11.9. The standard InChI is InChI=1S/C14H21N3O3/c1-5-17(9-10(2)14(19)20)11-6-7-15-12(8-11)13(18)16(3)4/h6-8,10H,5,9H2,1-4H3,(H,19,20). The summed E-state index contributed by atoms with van der Waals surface area (Å²) in [4.78, 5) is 30.3. The van der Waals surface area contributed by atoms with Crippen molar-refractivity contribution in [1.82, 2.24) is 9.88 Å². The number of anilines is 1. The second kappa shape index (κ2) is 6.88. The molecule has 1 heterocycles. The molecule has 0 bridgehead atoms. The van der Waals surface area contributed by atoms with E-state index in [0.717, 1.165) is 5.69 Å². The first-order valence-corrected chi connectivity index (χ1v) is 6.52. The van der Waals surface area contributed by atoms with Crippen LogP contribution in [0.3, 0.4) is 0 Å². The maximum Gasteiger partial charge on any atom is 0.308 e. The fraction of sp³-hybridized carbons (Fsp3) is 0.500. The first kappa shape index (κ1) is 15.9. The van der Waals surface area contributed by atoms with Gasteiger partial charge in [0.1, 0.15) is 5.69 Å². The molecule has 110 valence electrons. The zero-order valence-electron chi connectivity index (χ0n) is 12.3. The van der Waals surface area contributed by atoms with Crippen LogP contribution in [0.5, 0.6) is 0 Å². The van der Waals surface area contributed by atoms with Gasteiger partial charge < -0.3 is 14.9 Å². The predicted octanol–water partition coefficient (Wildman–Crippen LogP) is 1.33. The molecule has 0 saturated heterocycles. The Kier molecular flexibility index (Phi) is 5.49. The van der Waals surface area contributed by atoms with E-state index in [2.05, 4.69) is 4.98 Å². The molecule has 1 rings (SSSR count). The van der Waals surface area contributed by atoms with Crippen LogP contribution in [0.2, 0.25) is 0 Å². The smallest absolute Gasteiger partial charge is 0.308 e. The van der Waals surface area contributed by atoms with E-state index < -0.39 is 11.9 Å². The molecule has 0 aliphatic carbocycles. The summed E-state index contributed by atoms with van der Waals surface area (Å²) in [6, 6.07) is 3.48. The molecule has 0 saturated carbocycles. The van der Waals surface area contributed by atoms with Crippen molar-refractivity contribution in [1.29, 1.82) is 0 Å². The van der Waals surface area contributed by atoms with Crippen LogP contribution in [0.1, 0.15) is 24.3 Å². The Morgan fingerprint density at radius 3 is 2.55 bits per heavy atom. The highest BCUT2D eigenvalue weighted by molar-refractivity contribution is 5.92. The van der Waals surface area contributed by atoms with E-state index in [1.54, 1.807) is 39.3 Å². The molecule has 1 aromatic heterocycles. The number of carboxylic acid groups (broad SMARTS) is 1. The van der Waals surface area contributed by atoms with Crippen molar-refractivity contribution < 1.29 is 14.7 Å². The highest BCUT2D eigenvalue weighted by atomic mass is 16.4. The first-order chi connectivity index (χ1) is 9.36. The van der Waals surface area contributed by atoms with Crippen molar-refractivity contribution in [3.63, 3.8) is 0 Å². The highest BCUT2D eigenvalue weighted by Gasteiger charge is 2.17. The van der Waals surface area contributed by atoms with Crippen molar-refractivity contribution >= 4 is 17.6 Å². The molecule has 0 spiro atoms. The Hall–Kier alpha value is -2.11. The van der Waals surface area contributed by atoms with Crippen LogP contribution >= 0.6 is 0 Å². The molecule has 1 atom stereocenters. The van der Waals surface area contributed by atoms with Crippen LogP contribution in [-0.4, -0.2) is 54.1 Å². The van der Waals surface area contributed by atoms with Gasteiger partial charge in [-0.1, -0.05) is 6.92 Å². The number of pyridine rings is 1. The quantitative estimate of drug-likeness (QED) is 0.850. The fourth-order valence-electron chi connectivity index (χ4n) is 1.79. The van der Waals surface area contributed by atoms with Crippen molar-refractivity contribution in [2.75, 3.05) is 32.1 Å². The summed E-state index contributed by atoms with van der Waals surface area (Å²) in [7, 11) is 3.33. The van der Waals surface area contributed by atoms with Crippen LogP contribution in [0, 0.1) is 5.92 Å². The lowest BCUT2D eigenvalue weighted by molar-refractivity contribution is -0.140. The van der Waals surface area contributed by atoms with Gasteiger partial charge in [-0.3, -0.25) is 14.6 Å². The van der Waals surface area contributed by atoms with Crippen LogP contribution in [0.15, 0.2) is 18.3 Å². The number of nitrogens with zero attached hydrogens (tertiary/aromatic N) is 3. The molecular weight excluding hydrogens is 258 g/mol. The molecule has 0 aliphatic heterocycles. The summed E-state index contributed by atoms with van der Waals surface area (Å²) < 4.78 is 0. The van der Waals surface area contributed by atoms with Crippen molar-refractivity contribution in [3.05, 3.63) is 24.0 Å². The molecular formula is C14H21N3O3. The molecule has 1 amide bonds. The van der Waals surface area contributed by atoms with E-state index in [-0.39, 0.29) is 5.91 Å². The molecule has 20 heavy (non-hydrogen) atoms. The fourth-order valence-corrected chi connectivity index (χ4v) is 1.79. The number of carbonyl (C=O) groups excluding carboxylic acids is 1. The monoisotopic (exact) mass is 279 g/mol. The molecule has 6 heteroatoms. The molecule has 1 N–H and O–H groups in total. The molecule has 6 nitrogen and oxygen atoms in total. The Morgan fingerprint density at radius 2 is 2.05 bits per heavy atom. The van der Waals surface area contributed by atoms with Gasteiger partial charge in [0.15, 0.2) is 0 Å². The molecule has 1 aromatic rings. The average Bonchev–Trinajstić information content (AvgIpc) is 2.43. The summed E-state index contributed by atoms with van der Waals surface area (Å²) in [6.07, 6.45) is 1.57. The number of amides is 1. The van der Waals surface area contributed by atoms with Gasteiger partial charge in [0, 0.05) is 39.1 Å². The van der Waals surface area contributed by atoms with Gasteiger partial charge in [-0.15, -0.1) is 0 Å². The highest BCUT2D eigenvalue weighted by Crippen LogP contribution is 2.17. The summed E-state index contributed by atoms with van der Waals surface area (Å²) in [5, 5.41) is 8.99. The topological polar surface area (TPSA) is 73.7 Å². The van der Waals surface area contributed by atoms with Gasteiger partial charge in [-0.25, -0.2) is 0 Å². The summed E-state index contributed by atoms with van der Waals surface area (Å²) in [5.74, 6) is -1.48. The van der Waals surface area contributed by atoms with Gasteiger partial charge in [-0.2, -0.15) is 0 Å². The minimum absolute atomic E-state index is 0.172. The number of rotatable bonds is 6. The van der Waals surface area contributed by atoms with Gasteiger partial charge in [-0.05, 0) is 19.1 Å². The minimum atomic E-state index is -0.831. The largest absolute Gasteiger partial charge is 0.481 e. The van der Waals surface area contributed by atoms with E-state index in [1.807, 2.05) is 11.8 Å². The van der Waals surface area contributed by atoms with Crippen LogP contribution in [0.25, 0.3) is 0 Å². The zero-order chi connectivity index (χ0) is 15.3. The van der Waals surface area contributed by atoms with Crippen molar-refractivity contribution in [2.24, 2.45) is 5.92 Å². The third-order valence-corrected chi connectivity index (χ3v) is 3.03. The number of aliphatic carboxylic acids is 1. The third kappa shape index (κ3) is 3.94. The minimum Gasteiger partial charge on any atom is -0.481 e. The number of hydrogen-bond donors (Lipinski definition) is 1. The van der Waals surface area contributed by atoms with Crippen LogP contribution in [0.4, 0.5) is 5.69 Å². The second-order valence-corrected chi connectivity index (χ2v) is 4.88. The molecule has 0 aromatic carbocycles. The van der Waals surface area contributed by atoms with Gasteiger partial charge in [0.25, 0.3) is 5.91 Å². The number of hydrogen-bond acceptors (Lipinski definition) is 4. The number of carbonyl (C=O) groups is 2. The lowest BCUT2D eigenvalue weighted by atomic mass is 10.1. The van der Waals surface area contributed by atoms with E-state index in [4.69, 9.17) is 5.11 Å². The Bertz CT molecular complexity index is 488. The van der Waals surface area contributed by atoms with Crippen molar-refractivity contribution in [2.45, 2.75) is 13.8 Å². The third-order valence-electron chi connectivity index (χ3n) is 3.03. The van der Waals surface area contributed by atoms with Gasteiger partial charge in [0.2, 0.25) is 0 Å². The van der Waals surface area contributed by atoms with Crippen molar-refractivity contribution in [3.8, 4) is 0 Å². The SMILES string of the molecule is CCN(CC(C)C(=O)O)c1ccnc(C(=O)N(C)C)c1. The van der Waals surface area contributed by atoms with Crippen LogP contribution in [-0.2, 0) is 4.79 Å². The zero-order valence-corrected chi connectivity index (χ0v) is 12.3. The molecule has 0 radical (unpaired) electrons. The Labute approximate surface area is 119 Å². The van der Waals surface area contributed by atoms with Gasteiger partial charge in [0.05, 0.1) is 5.92 Å². The Morgan fingerprint density at radius 1 is 1.40 bits per heavy atom. The van der Waals surface area contributed by atoms with E-state index in [1.165, 1.54) is 4.90 Å². The van der Waals surface area contributed by atoms with E-state index in [0.29, 0.717) is 18.8 Å². The Balaban J connectivity index is 2.96. The predicted molar refractivity (Wildman–Crippen MR) is 76.9 cm³/mol. The lowest BCUT2D eigenvalue weighted by Crippen LogP contribution is -2.32. The number of carboxylic acids is 1. The summed E-state index contributed by atoms with van der Waals surface area (Å²) in [5.41, 5.74) is 1.16. The number of aromatic nitrogens is 1.